The van der Waals surface area contributed by atoms with Gasteiger partial charge >= 0.3 is 0 Å². The van der Waals surface area contributed by atoms with Crippen LogP contribution in [-0.2, 0) is 14.8 Å². The molecule has 0 unspecified atom stereocenters. The van der Waals surface area contributed by atoms with Gasteiger partial charge in [-0.25, -0.2) is 12.7 Å². The van der Waals surface area contributed by atoms with Crippen molar-refractivity contribution < 1.29 is 17.9 Å². The fraction of sp³-hybridized carbons (Fsp3) is 0.235. The highest BCUT2D eigenvalue weighted by molar-refractivity contribution is 9.10. The lowest BCUT2D eigenvalue weighted by Gasteiger charge is -2.13. The van der Waals surface area contributed by atoms with E-state index in [0.717, 1.165) is 14.3 Å². The zero-order valence-corrected chi connectivity index (χ0v) is 16.5. The molecule has 0 heterocycles. The van der Waals surface area contributed by atoms with E-state index >= 15 is 0 Å². The summed E-state index contributed by atoms with van der Waals surface area (Å²) in [7, 11) is -0.651. The Bertz CT molecular complexity index is 882. The number of carbonyl (C=O) groups is 1. The molecule has 2 rings (SSSR count). The number of nitrogens with one attached hydrogen (secondary N) is 1. The van der Waals surface area contributed by atoms with Gasteiger partial charge in [0, 0.05) is 19.8 Å². The van der Waals surface area contributed by atoms with E-state index in [4.69, 9.17) is 4.74 Å². The monoisotopic (exact) mass is 426 g/mol. The van der Waals surface area contributed by atoms with Gasteiger partial charge in [-0.2, -0.15) is 0 Å². The molecule has 1 amide bonds. The third-order valence-corrected chi connectivity index (χ3v) is 5.77. The first-order chi connectivity index (χ1) is 11.7. The molecule has 0 aliphatic carbocycles. The molecular formula is C17H19BrN2O4S. The summed E-state index contributed by atoms with van der Waals surface area (Å²) in [5, 5.41) is 2.63. The van der Waals surface area contributed by atoms with E-state index in [1.165, 1.54) is 26.2 Å². The molecule has 0 saturated carbocycles. The number of sulfonamides is 1. The maximum absolute atomic E-state index is 12.1. The lowest BCUT2D eigenvalue weighted by molar-refractivity contribution is -0.118. The van der Waals surface area contributed by atoms with Crippen LogP contribution in [0.3, 0.4) is 0 Å². The predicted octanol–water partition coefficient (Wildman–Crippen LogP) is 3.03. The van der Waals surface area contributed by atoms with E-state index in [1.807, 2.05) is 19.1 Å². The van der Waals surface area contributed by atoms with Crippen molar-refractivity contribution >= 4 is 37.5 Å². The number of anilines is 1. The summed E-state index contributed by atoms with van der Waals surface area (Å²) in [4.78, 5) is 12.2. The molecule has 0 aromatic heterocycles. The SMILES string of the molecule is Cc1ccc(OCC(=O)Nc2cccc(S(=O)(=O)N(C)C)c2)c(Br)c1. The third kappa shape index (κ3) is 5.04. The van der Waals surface area contributed by atoms with Crippen LogP contribution in [0, 0.1) is 6.92 Å². The maximum Gasteiger partial charge on any atom is 0.262 e. The Morgan fingerprint density at radius 1 is 1.20 bits per heavy atom. The summed E-state index contributed by atoms with van der Waals surface area (Å²) in [5.74, 6) is 0.177. The summed E-state index contributed by atoms with van der Waals surface area (Å²) < 4.78 is 31.6. The molecule has 8 heteroatoms. The number of nitrogens with zero attached hydrogens (tertiary/aromatic N) is 1. The summed E-state index contributed by atoms with van der Waals surface area (Å²) in [5.41, 5.74) is 1.46. The Morgan fingerprint density at radius 3 is 2.56 bits per heavy atom. The minimum absolute atomic E-state index is 0.109. The van der Waals surface area contributed by atoms with Gasteiger partial charge in [0.25, 0.3) is 5.91 Å². The van der Waals surface area contributed by atoms with Crippen LogP contribution in [0.25, 0.3) is 0 Å². The molecule has 0 bridgehead atoms. The summed E-state index contributed by atoms with van der Waals surface area (Å²) in [6.45, 7) is 1.77. The Labute approximate surface area is 156 Å². The predicted molar refractivity (Wildman–Crippen MR) is 100 cm³/mol. The standard InChI is InChI=1S/C17H19BrN2O4S/c1-12-7-8-16(15(18)9-12)24-11-17(21)19-13-5-4-6-14(10-13)25(22,23)20(2)3/h4-10H,11H2,1-3H3,(H,19,21). The van der Waals surface area contributed by atoms with Crippen molar-refractivity contribution in [3.8, 4) is 5.75 Å². The van der Waals surface area contributed by atoms with Crippen molar-refractivity contribution in [2.24, 2.45) is 0 Å². The van der Waals surface area contributed by atoms with E-state index < -0.39 is 10.0 Å². The van der Waals surface area contributed by atoms with Gasteiger partial charge in [-0.3, -0.25) is 4.79 Å². The van der Waals surface area contributed by atoms with Gasteiger partial charge in [0.15, 0.2) is 6.61 Å². The number of hydrogen-bond acceptors (Lipinski definition) is 4. The van der Waals surface area contributed by atoms with Crippen molar-refractivity contribution in [1.82, 2.24) is 4.31 Å². The maximum atomic E-state index is 12.1. The van der Waals surface area contributed by atoms with Gasteiger partial charge in [0.05, 0.1) is 9.37 Å². The van der Waals surface area contributed by atoms with Gasteiger partial charge in [-0.05, 0) is 58.7 Å². The fourth-order valence-corrected chi connectivity index (χ4v) is 3.56. The smallest absolute Gasteiger partial charge is 0.262 e. The zero-order chi connectivity index (χ0) is 18.6. The Hall–Kier alpha value is -1.90. The number of ether oxygens (including phenoxy) is 1. The number of carbonyl (C=O) groups excluding carboxylic acids is 1. The van der Waals surface area contributed by atoms with Crippen LogP contribution < -0.4 is 10.1 Å². The first-order valence-corrected chi connectivity index (χ1v) is 9.65. The average molecular weight is 427 g/mol. The van der Waals surface area contributed by atoms with E-state index in [9.17, 15) is 13.2 Å². The van der Waals surface area contributed by atoms with Gasteiger partial charge in [0.1, 0.15) is 5.75 Å². The van der Waals surface area contributed by atoms with Crippen LogP contribution in [0.1, 0.15) is 5.56 Å². The van der Waals surface area contributed by atoms with Crippen LogP contribution >= 0.6 is 15.9 Å². The molecule has 0 fully saturated rings. The van der Waals surface area contributed by atoms with Crippen molar-refractivity contribution in [1.29, 1.82) is 0 Å². The summed E-state index contributed by atoms with van der Waals surface area (Å²) in [6, 6.07) is 11.6. The number of aryl methyl sites for hydroxylation is 1. The average Bonchev–Trinajstić information content (AvgIpc) is 2.54. The van der Waals surface area contributed by atoms with Crippen LogP contribution in [-0.4, -0.2) is 39.3 Å². The molecule has 6 nitrogen and oxygen atoms in total. The second kappa shape index (κ2) is 7.99. The second-order valence-electron chi connectivity index (χ2n) is 5.59. The molecule has 0 aliphatic heterocycles. The largest absolute Gasteiger partial charge is 0.483 e. The fourth-order valence-electron chi connectivity index (χ4n) is 2.01. The van der Waals surface area contributed by atoms with Gasteiger partial charge in [0.2, 0.25) is 10.0 Å². The van der Waals surface area contributed by atoms with E-state index in [1.54, 1.807) is 18.2 Å². The molecule has 0 atom stereocenters. The Kier molecular flexibility index (Phi) is 6.21. The molecule has 0 aliphatic rings. The normalized spacial score (nSPS) is 11.4. The number of hydrogen-bond donors (Lipinski definition) is 1. The lowest BCUT2D eigenvalue weighted by Crippen LogP contribution is -2.23. The number of amides is 1. The molecule has 0 saturated heterocycles. The Balaban J connectivity index is 2.03. The Morgan fingerprint density at radius 2 is 1.92 bits per heavy atom. The highest BCUT2D eigenvalue weighted by Gasteiger charge is 2.17. The van der Waals surface area contributed by atoms with E-state index in [0.29, 0.717) is 11.4 Å². The van der Waals surface area contributed by atoms with Crippen molar-refractivity contribution in [2.45, 2.75) is 11.8 Å². The molecule has 2 aromatic rings. The van der Waals surface area contributed by atoms with Crippen LogP contribution in [0.4, 0.5) is 5.69 Å². The first-order valence-electron chi connectivity index (χ1n) is 7.41. The third-order valence-electron chi connectivity index (χ3n) is 3.34. The molecular weight excluding hydrogens is 408 g/mol. The molecule has 25 heavy (non-hydrogen) atoms. The molecule has 0 spiro atoms. The van der Waals surface area contributed by atoms with Gasteiger partial charge in [-0.1, -0.05) is 12.1 Å². The first kappa shape index (κ1) is 19.4. The summed E-state index contributed by atoms with van der Waals surface area (Å²) >= 11 is 3.38. The van der Waals surface area contributed by atoms with Gasteiger partial charge in [-0.15, -0.1) is 0 Å². The highest BCUT2D eigenvalue weighted by Crippen LogP contribution is 2.25. The molecule has 0 radical (unpaired) electrons. The van der Waals surface area contributed by atoms with Crippen LogP contribution in [0.2, 0.25) is 0 Å². The lowest BCUT2D eigenvalue weighted by atomic mass is 10.2. The zero-order valence-electron chi connectivity index (χ0n) is 14.1. The van der Waals surface area contributed by atoms with Crippen LogP contribution in [0.5, 0.6) is 5.75 Å². The highest BCUT2D eigenvalue weighted by atomic mass is 79.9. The van der Waals surface area contributed by atoms with Crippen molar-refractivity contribution in [2.75, 3.05) is 26.0 Å². The van der Waals surface area contributed by atoms with E-state index in [2.05, 4.69) is 21.2 Å². The van der Waals surface area contributed by atoms with Gasteiger partial charge < -0.3 is 10.1 Å². The molecule has 1 N–H and O–H groups in total. The van der Waals surface area contributed by atoms with Crippen LogP contribution in [0.15, 0.2) is 51.8 Å². The minimum Gasteiger partial charge on any atom is -0.483 e. The minimum atomic E-state index is -3.56. The van der Waals surface area contributed by atoms with E-state index in [-0.39, 0.29) is 17.4 Å². The van der Waals surface area contributed by atoms with Crippen molar-refractivity contribution in [3.05, 3.63) is 52.5 Å². The summed E-state index contributed by atoms with van der Waals surface area (Å²) in [6.07, 6.45) is 0. The topological polar surface area (TPSA) is 75.7 Å². The number of benzene rings is 2. The quantitative estimate of drug-likeness (QED) is 0.769. The number of halogens is 1. The molecule has 134 valence electrons. The van der Waals surface area contributed by atoms with Crippen molar-refractivity contribution in [3.63, 3.8) is 0 Å². The number of rotatable bonds is 6. The molecule has 2 aromatic carbocycles. The second-order valence-corrected chi connectivity index (χ2v) is 8.59.